The summed E-state index contributed by atoms with van der Waals surface area (Å²) in [6.07, 6.45) is 0.0288. The first-order chi connectivity index (χ1) is 12.8. The summed E-state index contributed by atoms with van der Waals surface area (Å²) >= 11 is 1.13. The Labute approximate surface area is 171 Å². The predicted molar refractivity (Wildman–Crippen MR) is 108 cm³/mol. The standard InChI is InChI=1S/C18H32NO7PS/c1-17(2,3)16(22)28-10-9-25-27(23)11-13(18(4,5)12-26-27)15(21)19-8-7-14(20)24-6/h13H,7-12H2,1-6H3,(H,19,21)/t13-,27?/m0/s1. The van der Waals surface area contributed by atoms with Gasteiger partial charge in [0, 0.05) is 23.1 Å². The molecule has 1 rings (SSSR count). The lowest BCUT2D eigenvalue weighted by molar-refractivity contribution is -0.140. The number of hydrogen-bond acceptors (Lipinski definition) is 8. The van der Waals surface area contributed by atoms with Gasteiger partial charge in [-0.3, -0.25) is 18.9 Å². The predicted octanol–water partition coefficient (Wildman–Crippen LogP) is 2.85. The highest BCUT2D eigenvalue weighted by Crippen LogP contribution is 2.57. The SMILES string of the molecule is COC(=O)CCNC(=O)[C@@H]1CP(=O)(OCCSC(=O)C(C)(C)C)OCC1(C)C. The van der Waals surface area contributed by atoms with Crippen molar-refractivity contribution in [3.05, 3.63) is 0 Å². The molecule has 1 saturated heterocycles. The lowest BCUT2D eigenvalue weighted by Gasteiger charge is -2.40. The van der Waals surface area contributed by atoms with E-state index >= 15 is 0 Å². The fraction of sp³-hybridized carbons (Fsp3) is 0.833. The van der Waals surface area contributed by atoms with Gasteiger partial charge in [0.05, 0.1) is 38.8 Å². The first-order valence-corrected chi connectivity index (χ1v) is 11.9. The molecule has 0 bridgehead atoms. The molecule has 0 aromatic rings. The number of amides is 1. The van der Waals surface area contributed by atoms with Crippen LogP contribution in [-0.2, 0) is 32.7 Å². The Hall–Kier alpha value is -0.890. The molecule has 1 unspecified atom stereocenters. The Balaban J connectivity index is 2.58. The Morgan fingerprint density at radius 1 is 1.29 bits per heavy atom. The molecule has 162 valence electrons. The molecular formula is C18H32NO7PS. The third-order valence-corrected chi connectivity index (χ3v) is 7.53. The monoisotopic (exact) mass is 437 g/mol. The maximum Gasteiger partial charge on any atom is 0.331 e. The van der Waals surface area contributed by atoms with Crippen LogP contribution in [0.25, 0.3) is 0 Å². The van der Waals surface area contributed by atoms with Crippen molar-refractivity contribution in [2.24, 2.45) is 16.7 Å². The Kier molecular flexibility index (Phi) is 9.19. The van der Waals surface area contributed by atoms with E-state index in [1.54, 1.807) is 0 Å². The zero-order valence-corrected chi connectivity index (χ0v) is 19.2. The van der Waals surface area contributed by atoms with E-state index in [0.717, 1.165) is 11.8 Å². The molecular weight excluding hydrogens is 405 g/mol. The van der Waals surface area contributed by atoms with Gasteiger partial charge in [-0.05, 0) is 0 Å². The van der Waals surface area contributed by atoms with E-state index in [-0.39, 0.29) is 43.4 Å². The van der Waals surface area contributed by atoms with E-state index in [1.807, 2.05) is 34.6 Å². The summed E-state index contributed by atoms with van der Waals surface area (Å²) in [5.74, 6) is -0.919. The summed E-state index contributed by atoms with van der Waals surface area (Å²) in [7, 11) is -2.15. The van der Waals surface area contributed by atoms with Gasteiger partial charge in [0.25, 0.3) is 0 Å². The number of carbonyl (C=O) groups excluding carboxylic acids is 3. The average Bonchev–Trinajstić information content (AvgIpc) is 2.60. The maximum absolute atomic E-state index is 12.9. The number of thioether (sulfide) groups is 1. The molecule has 0 aromatic carbocycles. The lowest BCUT2D eigenvalue weighted by Crippen LogP contribution is -2.46. The van der Waals surface area contributed by atoms with Crippen LogP contribution in [-0.4, -0.2) is 55.8 Å². The van der Waals surface area contributed by atoms with Crippen molar-refractivity contribution in [2.45, 2.75) is 41.0 Å². The zero-order valence-electron chi connectivity index (χ0n) is 17.5. The van der Waals surface area contributed by atoms with Crippen LogP contribution in [0.3, 0.4) is 0 Å². The molecule has 1 amide bonds. The molecule has 1 aliphatic heterocycles. The van der Waals surface area contributed by atoms with Gasteiger partial charge in [0.2, 0.25) is 5.91 Å². The summed E-state index contributed by atoms with van der Waals surface area (Å²) in [5.41, 5.74) is -0.975. The zero-order chi connectivity index (χ0) is 21.6. The van der Waals surface area contributed by atoms with Gasteiger partial charge in [0.15, 0.2) is 5.12 Å². The van der Waals surface area contributed by atoms with Crippen LogP contribution in [0.4, 0.5) is 0 Å². The molecule has 0 saturated carbocycles. The van der Waals surface area contributed by atoms with E-state index in [1.165, 1.54) is 7.11 Å². The number of ether oxygens (including phenoxy) is 1. The molecule has 1 N–H and O–H groups in total. The second-order valence-electron chi connectivity index (χ2n) is 8.44. The van der Waals surface area contributed by atoms with Gasteiger partial charge in [-0.25, -0.2) is 0 Å². The largest absolute Gasteiger partial charge is 0.469 e. The highest BCUT2D eigenvalue weighted by molar-refractivity contribution is 8.13. The van der Waals surface area contributed by atoms with Gasteiger partial charge in [-0.1, -0.05) is 46.4 Å². The number of methoxy groups -OCH3 is 1. The number of nitrogens with one attached hydrogen (secondary N) is 1. The molecule has 1 heterocycles. The second kappa shape index (κ2) is 10.2. The van der Waals surface area contributed by atoms with Crippen molar-refractivity contribution in [2.75, 3.05) is 38.8 Å². The third kappa shape index (κ3) is 7.85. The topological polar surface area (TPSA) is 108 Å². The van der Waals surface area contributed by atoms with E-state index in [4.69, 9.17) is 9.05 Å². The molecule has 0 radical (unpaired) electrons. The Morgan fingerprint density at radius 2 is 1.93 bits per heavy atom. The quantitative estimate of drug-likeness (QED) is 0.351. The average molecular weight is 437 g/mol. The molecule has 10 heteroatoms. The Bertz CT molecular complexity index is 630. The van der Waals surface area contributed by atoms with E-state index in [9.17, 15) is 18.9 Å². The van der Waals surface area contributed by atoms with E-state index in [0.29, 0.717) is 5.75 Å². The molecule has 1 fully saturated rings. The van der Waals surface area contributed by atoms with Gasteiger partial charge >= 0.3 is 13.6 Å². The van der Waals surface area contributed by atoms with Crippen LogP contribution >= 0.6 is 19.4 Å². The summed E-state index contributed by atoms with van der Waals surface area (Å²) < 4.78 is 28.4. The van der Waals surface area contributed by atoms with E-state index < -0.39 is 30.3 Å². The minimum absolute atomic E-state index is 0.0305. The van der Waals surface area contributed by atoms with E-state index in [2.05, 4.69) is 10.1 Å². The van der Waals surface area contributed by atoms with Crippen molar-refractivity contribution in [3.8, 4) is 0 Å². The number of esters is 1. The van der Waals surface area contributed by atoms with Crippen molar-refractivity contribution in [1.82, 2.24) is 5.32 Å². The molecule has 1 aliphatic rings. The molecule has 2 atom stereocenters. The minimum Gasteiger partial charge on any atom is -0.469 e. The number of rotatable bonds is 8. The number of carbonyl (C=O) groups is 3. The van der Waals surface area contributed by atoms with Gasteiger partial charge in [-0.2, -0.15) is 0 Å². The summed E-state index contributed by atoms with van der Waals surface area (Å²) in [4.78, 5) is 35.6. The molecule has 8 nitrogen and oxygen atoms in total. The molecule has 0 spiro atoms. The van der Waals surface area contributed by atoms with Gasteiger partial charge in [0.1, 0.15) is 0 Å². The van der Waals surface area contributed by atoms with Crippen LogP contribution in [0.1, 0.15) is 41.0 Å². The first-order valence-electron chi connectivity index (χ1n) is 9.21. The fourth-order valence-corrected chi connectivity index (χ4v) is 5.66. The lowest BCUT2D eigenvalue weighted by atomic mass is 9.80. The summed E-state index contributed by atoms with van der Waals surface area (Å²) in [6, 6.07) is 0. The van der Waals surface area contributed by atoms with Gasteiger partial charge < -0.3 is 19.1 Å². The van der Waals surface area contributed by atoms with Gasteiger partial charge in [-0.15, -0.1) is 0 Å². The summed E-state index contributed by atoms with van der Waals surface area (Å²) in [6.45, 7) is 9.59. The minimum atomic E-state index is -3.44. The van der Waals surface area contributed by atoms with Crippen LogP contribution in [0.5, 0.6) is 0 Å². The highest BCUT2D eigenvalue weighted by Gasteiger charge is 2.47. The van der Waals surface area contributed by atoms with Crippen LogP contribution in [0.2, 0.25) is 0 Å². The normalized spacial score (nSPS) is 24.4. The third-order valence-electron chi connectivity index (χ3n) is 4.37. The number of hydrogen-bond donors (Lipinski definition) is 1. The van der Waals surface area contributed by atoms with Crippen molar-refractivity contribution in [3.63, 3.8) is 0 Å². The van der Waals surface area contributed by atoms with Crippen LogP contribution < -0.4 is 5.32 Å². The Morgan fingerprint density at radius 3 is 2.50 bits per heavy atom. The van der Waals surface area contributed by atoms with Crippen molar-refractivity contribution >= 4 is 36.3 Å². The van der Waals surface area contributed by atoms with Crippen molar-refractivity contribution in [1.29, 1.82) is 0 Å². The highest BCUT2D eigenvalue weighted by atomic mass is 32.2. The smallest absolute Gasteiger partial charge is 0.331 e. The molecule has 0 aromatic heterocycles. The first kappa shape index (κ1) is 25.1. The summed E-state index contributed by atoms with van der Waals surface area (Å²) in [5, 5.41) is 2.72. The maximum atomic E-state index is 12.9. The molecule has 28 heavy (non-hydrogen) atoms. The molecule has 0 aliphatic carbocycles. The van der Waals surface area contributed by atoms with Crippen molar-refractivity contribution < 1.29 is 32.7 Å². The van der Waals surface area contributed by atoms with Crippen LogP contribution in [0.15, 0.2) is 0 Å². The fourth-order valence-electron chi connectivity index (χ4n) is 2.46. The van der Waals surface area contributed by atoms with Crippen LogP contribution in [0, 0.1) is 16.7 Å². The second-order valence-corrected chi connectivity index (χ2v) is 11.6.